The summed E-state index contributed by atoms with van der Waals surface area (Å²) >= 11 is 0. The minimum atomic E-state index is -1.29. The van der Waals surface area contributed by atoms with Crippen LogP contribution in [-0.2, 0) is 4.79 Å². The van der Waals surface area contributed by atoms with Gasteiger partial charge >= 0.3 is 0 Å². The van der Waals surface area contributed by atoms with Gasteiger partial charge in [0.05, 0.1) is 18.8 Å². The van der Waals surface area contributed by atoms with E-state index >= 15 is 0 Å². The Morgan fingerprint density at radius 1 is 0.316 bits per heavy atom. The molecule has 0 aromatic heterocycles. The topological polar surface area (TPSA) is 110 Å². The van der Waals surface area contributed by atoms with Gasteiger partial charge in [-0.3, -0.25) is 4.79 Å². The molecule has 0 aliphatic rings. The highest BCUT2D eigenvalue weighted by atomic mass is 16.3. The average molecular weight is 1070 g/mol. The number of carbonyl (C=O) groups excluding carboxylic acids is 1. The molecule has 0 bridgehead atoms. The predicted octanol–water partition coefficient (Wildman–Crippen LogP) is 21.1. The lowest BCUT2D eigenvalue weighted by molar-refractivity contribution is -0.132. The number of hydrogen-bond acceptors (Lipinski definition) is 5. The molecule has 6 nitrogen and oxygen atoms in total. The Balaban J connectivity index is 3.60. The first-order chi connectivity index (χ1) is 37.5. The number of rotatable bonds is 64. The summed E-state index contributed by atoms with van der Waals surface area (Å²) < 4.78 is 0. The maximum absolute atomic E-state index is 12.7. The molecule has 4 atom stereocenters. The Labute approximate surface area is 475 Å². The lowest BCUT2D eigenvalue weighted by Gasteiger charge is -2.27. The maximum atomic E-state index is 12.7. The largest absolute Gasteiger partial charge is 0.394 e. The van der Waals surface area contributed by atoms with Crippen molar-refractivity contribution >= 4 is 5.91 Å². The zero-order chi connectivity index (χ0) is 55.1. The highest BCUT2D eigenvalue weighted by Gasteiger charge is 2.28. The van der Waals surface area contributed by atoms with E-state index in [9.17, 15) is 25.2 Å². The molecule has 0 heterocycles. The highest BCUT2D eigenvalue weighted by Crippen LogP contribution is 2.19. The monoisotopic (exact) mass is 1070 g/mol. The minimum Gasteiger partial charge on any atom is -0.394 e. The molecule has 450 valence electrons. The number of hydrogen-bond donors (Lipinski definition) is 5. The summed E-state index contributed by atoms with van der Waals surface area (Å²) in [6.07, 6.45) is 82.7. The zero-order valence-corrected chi connectivity index (χ0v) is 51.3. The van der Waals surface area contributed by atoms with Crippen LogP contribution in [0.4, 0.5) is 0 Å². The van der Waals surface area contributed by atoms with Crippen molar-refractivity contribution in [3.8, 4) is 0 Å². The molecule has 5 N–H and O–H groups in total. The number of allylic oxidation sites excluding steroid dienone is 6. The highest BCUT2D eigenvalue weighted by molar-refractivity contribution is 5.80. The Kier molecular flexibility index (Phi) is 63.1. The molecule has 0 aromatic carbocycles. The smallest absolute Gasteiger partial charge is 0.249 e. The van der Waals surface area contributed by atoms with Gasteiger partial charge in [-0.2, -0.15) is 0 Å². The van der Waals surface area contributed by atoms with Crippen LogP contribution in [-0.4, -0.2) is 57.3 Å². The molecule has 0 aliphatic heterocycles. The number of aliphatic hydroxyl groups is 4. The lowest BCUT2D eigenvalue weighted by Crippen LogP contribution is -2.53. The van der Waals surface area contributed by atoms with Crippen LogP contribution in [0, 0.1) is 0 Å². The second kappa shape index (κ2) is 64.4. The van der Waals surface area contributed by atoms with Crippen molar-refractivity contribution in [1.82, 2.24) is 5.32 Å². The summed E-state index contributed by atoms with van der Waals surface area (Å²) in [6.45, 7) is 4.09. The molecule has 0 radical (unpaired) electrons. The van der Waals surface area contributed by atoms with Crippen molar-refractivity contribution in [2.24, 2.45) is 0 Å². The van der Waals surface area contributed by atoms with Gasteiger partial charge in [-0.25, -0.2) is 0 Å². The van der Waals surface area contributed by atoms with Crippen molar-refractivity contribution in [3.05, 3.63) is 36.5 Å². The molecular weight excluding hydrogens is 935 g/mol. The number of carbonyl (C=O) groups is 1. The van der Waals surface area contributed by atoms with E-state index in [0.717, 1.165) is 38.5 Å². The first-order valence-corrected chi connectivity index (χ1v) is 34.4. The molecule has 76 heavy (non-hydrogen) atoms. The minimum absolute atomic E-state index is 0.362. The van der Waals surface area contributed by atoms with Crippen LogP contribution in [0.5, 0.6) is 0 Å². The second-order valence-electron chi connectivity index (χ2n) is 23.9. The molecule has 1 amide bonds. The SMILES string of the molecule is CCCCCCCCCCCCCC/C=C\CCCCCCCCCCCCCCCCC(O)C(=O)NC(CO)C(O)C(O)CCC/C=C/CC/C=C/CCCCCCCCCCCCCCCCCCCCCCC. The van der Waals surface area contributed by atoms with Gasteiger partial charge in [0, 0.05) is 0 Å². The van der Waals surface area contributed by atoms with E-state index in [-0.39, 0.29) is 0 Å². The third kappa shape index (κ3) is 57.2. The number of unbranched alkanes of at least 4 members (excludes halogenated alkanes) is 49. The molecule has 0 fully saturated rings. The third-order valence-corrected chi connectivity index (χ3v) is 16.3. The van der Waals surface area contributed by atoms with Gasteiger partial charge in [-0.1, -0.05) is 333 Å². The Morgan fingerprint density at radius 3 is 0.829 bits per heavy atom. The van der Waals surface area contributed by atoms with Gasteiger partial charge in [-0.05, 0) is 77.0 Å². The van der Waals surface area contributed by atoms with Crippen LogP contribution < -0.4 is 5.32 Å². The fraction of sp³-hybridized carbons (Fsp3) is 0.900. The van der Waals surface area contributed by atoms with E-state index in [4.69, 9.17) is 0 Å². The van der Waals surface area contributed by atoms with Crippen LogP contribution in [0.2, 0.25) is 0 Å². The van der Waals surface area contributed by atoms with Gasteiger partial charge < -0.3 is 25.7 Å². The van der Waals surface area contributed by atoms with E-state index < -0.39 is 36.9 Å². The van der Waals surface area contributed by atoms with Crippen molar-refractivity contribution in [2.45, 2.75) is 398 Å². The normalized spacial score (nSPS) is 13.7. The summed E-state index contributed by atoms with van der Waals surface area (Å²) in [7, 11) is 0. The van der Waals surface area contributed by atoms with Crippen LogP contribution in [0.3, 0.4) is 0 Å². The van der Waals surface area contributed by atoms with Crippen molar-refractivity contribution in [1.29, 1.82) is 0 Å². The van der Waals surface area contributed by atoms with E-state index in [1.54, 1.807) is 0 Å². The summed E-state index contributed by atoms with van der Waals surface area (Å²) in [5.41, 5.74) is 0. The number of aliphatic hydroxyl groups excluding tert-OH is 4. The molecule has 0 saturated carbocycles. The second-order valence-corrected chi connectivity index (χ2v) is 23.9. The molecule has 0 aromatic rings. The predicted molar refractivity (Wildman–Crippen MR) is 334 cm³/mol. The third-order valence-electron chi connectivity index (χ3n) is 16.3. The van der Waals surface area contributed by atoms with Gasteiger partial charge in [0.1, 0.15) is 12.2 Å². The summed E-state index contributed by atoms with van der Waals surface area (Å²) in [5, 5.41) is 44.2. The molecule has 0 aliphatic carbocycles. The molecule has 0 rings (SSSR count). The number of amides is 1. The van der Waals surface area contributed by atoms with Gasteiger partial charge in [0.2, 0.25) is 5.91 Å². The van der Waals surface area contributed by atoms with Crippen LogP contribution >= 0.6 is 0 Å². The molecular formula is C70H135NO5. The van der Waals surface area contributed by atoms with Crippen molar-refractivity contribution < 1.29 is 25.2 Å². The van der Waals surface area contributed by atoms with Gasteiger partial charge in [0.15, 0.2) is 0 Å². The Hall–Kier alpha value is -1.47. The number of nitrogens with one attached hydrogen (secondary N) is 1. The Morgan fingerprint density at radius 2 is 0.553 bits per heavy atom. The van der Waals surface area contributed by atoms with Gasteiger partial charge in [-0.15, -0.1) is 0 Å². The average Bonchev–Trinajstić information content (AvgIpc) is 3.42. The standard InChI is InChI=1S/C70H135NO5/c1-3-5-7-9-11-13-15-17-19-21-23-25-27-29-31-33-35-37-39-41-43-45-47-49-51-53-55-57-59-61-63-67(73)69(75)66(65-72)71-70(76)68(74)64-62-60-58-56-54-52-50-48-46-44-42-40-38-36-34-32-30-28-26-24-22-20-18-16-14-12-10-8-6-4-2/h30,32,47,49,55,57,66-69,72-75H,3-29,31,33-46,48,50-54,56,58-65H2,1-2H3,(H,71,76)/b32-30-,49-47+,57-55+. The van der Waals surface area contributed by atoms with Crippen LogP contribution in [0.25, 0.3) is 0 Å². The lowest BCUT2D eigenvalue weighted by atomic mass is 10.00. The van der Waals surface area contributed by atoms with E-state index in [1.165, 1.54) is 302 Å². The van der Waals surface area contributed by atoms with Crippen molar-refractivity contribution in [3.63, 3.8) is 0 Å². The van der Waals surface area contributed by atoms with E-state index in [1.807, 2.05) is 0 Å². The summed E-state index contributed by atoms with van der Waals surface area (Å²) in [6, 6.07) is -1.01. The Bertz CT molecular complexity index is 1200. The first-order valence-electron chi connectivity index (χ1n) is 34.4. The van der Waals surface area contributed by atoms with Crippen LogP contribution in [0.15, 0.2) is 36.5 Å². The van der Waals surface area contributed by atoms with E-state index in [0.29, 0.717) is 19.3 Å². The molecule has 4 unspecified atom stereocenters. The maximum Gasteiger partial charge on any atom is 0.249 e. The quantitative estimate of drug-likeness (QED) is 0.0308. The summed E-state index contributed by atoms with van der Waals surface area (Å²) in [4.78, 5) is 12.7. The molecule has 0 spiro atoms. The molecule has 6 heteroatoms. The fourth-order valence-corrected chi connectivity index (χ4v) is 11.0. The van der Waals surface area contributed by atoms with Crippen LogP contribution in [0.1, 0.15) is 373 Å². The first kappa shape index (κ1) is 74.5. The molecule has 0 saturated heterocycles. The zero-order valence-electron chi connectivity index (χ0n) is 51.3. The van der Waals surface area contributed by atoms with Gasteiger partial charge in [0.25, 0.3) is 0 Å². The fourth-order valence-electron chi connectivity index (χ4n) is 11.0. The van der Waals surface area contributed by atoms with E-state index in [2.05, 4.69) is 55.6 Å². The summed E-state index contributed by atoms with van der Waals surface area (Å²) in [5.74, 6) is -0.592. The van der Waals surface area contributed by atoms with Crippen molar-refractivity contribution in [2.75, 3.05) is 6.61 Å².